The third kappa shape index (κ3) is 3.91. The molecule has 0 atom stereocenters. The van der Waals surface area contributed by atoms with Crippen LogP contribution in [-0.2, 0) is 21.1 Å². The molecule has 0 aliphatic carbocycles. The Bertz CT molecular complexity index is 271. The predicted molar refractivity (Wildman–Crippen MR) is 49.3 cm³/mol. The summed E-state index contributed by atoms with van der Waals surface area (Å²) in [4.78, 5) is 19.6. The van der Waals surface area contributed by atoms with E-state index >= 15 is 0 Å². The minimum atomic E-state index is -0.816. The minimum absolute atomic E-state index is 0.222. The molecule has 0 spiro atoms. The zero-order valence-corrected chi connectivity index (χ0v) is 7.93. The molecule has 1 rings (SSSR count). The fraction of sp³-hybridized carbons (Fsp3) is 0.300. The lowest BCUT2D eigenvalue weighted by Gasteiger charge is -2.02. The first kappa shape index (κ1) is 10.5. The van der Waals surface area contributed by atoms with Gasteiger partial charge in [0.25, 0.3) is 0 Å². The standard InChI is InChI=1S/C10H12O4/c1-2-12-10(11)14-13-8-9-6-4-3-5-7-9/h3-7H,2,8H2,1H3. The molecule has 1 aromatic carbocycles. The zero-order valence-electron chi connectivity index (χ0n) is 7.93. The van der Waals surface area contributed by atoms with Crippen molar-refractivity contribution in [3.05, 3.63) is 35.9 Å². The maximum Gasteiger partial charge on any atom is 0.540 e. The Balaban J connectivity index is 2.19. The van der Waals surface area contributed by atoms with Crippen molar-refractivity contribution in [2.45, 2.75) is 13.5 Å². The van der Waals surface area contributed by atoms with Gasteiger partial charge in [0.2, 0.25) is 0 Å². The van der Waals surface area contributed by atoms with E-state index in [9.17, 15) is 4.79 Å². The lowest BCUT2D eigenvalue weighted by molar-refractivity contribution is -0.263. The molecule has 0 bridgehead atoms. The number of hydrogen-bond acceptors (Lipinski definition) is 4. The molecule has 14 heavy (non-hydrogen) atoms. The van der Waals surface area contributed by atoms with Gasteiger partial charge in [-0.15, -0.1) is 0 Å². The van der Waals surface area contributed by atoms with Gasteiger partial charge in [-0.2, -0.15) is 4.89 Å². The first-order chi connectivity index (χ1) is 6.83. The van der Waals surface area contributed by atoms with Crippen LogP contribution >= 0.6 is 0 Å². The van der Waals surface area contributed by atoms with Crippen molar-refractivity contribution in [3.63, 3.8) is 0 Å². The summed E-state index contributed by atoms with van der Waals surface area (Å²) in [5.74, 6) is 0. The molecule has 0 saturated carbocycles. The average molecular weight is 196 g/mol. The second kappa shape index (κ2) is 5.99. The fourth-order valence-electron chi connectivity index (χ4n) is 0.862. The molecule has 0 saturated heterocycles. The highest BCUT2D eigenvalue weighted by Gasteiger charge is 2.02. The van der Waals surface area contributed by atoms with Gasteiger partial charge < -0.3 is 4.74 Å². The van der Waals surface area contributed by atoms with E-state index < -0.39 is 6.16 Å². The van der Waals surface area contributed by atoms with Gasteiger partial charge in [-0.05, 0) is 12.5 Å². The largest absolute Gasteiger partial charge is 0.540 e. The van der Waals surface area contributed by atoms with Gasteiger partial charge in [0.15, 0.2) is 0 Å². The van der Waals surface area contributed by atoms with Crippen LogP contribution in [0.3, 0.4) is 0 Å². The van der Waals surface area contributed by atoms with E-state index in [-0.39, 0.29) is 13.2 Å². The Labute approximate surface area is 82.3 Å². The van der Waals surface area contributed by atoms with Crippen LogP contribution in [0.4, 0.5) is 4.79 Å². The third-order valence-corrected chi connectivity index (χ3v) is 1.46. The van der Waals surface area contributed by atoms with Gasteiger partial charge in [0, 0.05) is 0 Å². The SMILES string of the molecule is CCOC(=O)OOCc1ccccc1. The minimum Gasteiger partial charge on any atom is -0.433 e. The highest BCUT2D eigenvalue weighted by molar-refractivity contribution is 5.58. The van der Waals surface area contributed by atoms with E-state index in [4.69, 9.17) is 0 Å². The summed E-state index contributed by atoms with van der Waals surface area (Å²) >= 11 is 0. The summed E-state index contributed by atoms with van der Waals surface area (Å²) in [6.07, 6.45) is -0.816. The van der Waals surface area contributed by atoms with Gasteiger partial charge in [-0.1, -0.05) is 30.3 Å². The molecule has 76 valence electrons. The zero-order chi connectivity index (χ0) is 10.2. The van der Waals surface area contributed by atoms with Crippen LogP contribution in [0, 0.1) is 0 Å². The van der Waals surface area contributed by atoms with Crippen LogP contribution < -0.4 is 0 Å². The summed E-state index contributed by atoms with van der Waals surface area (Å²) < 4.78 is 4.49. The van der Waals surface area contributed by atoms with Crippen molar-refractivity contribution >= 4 is 6.16 Å². The summed E-state index contributed by atoms with van der Waals surface area (Å²) in [6.45, 7) is 2.19. The van der Waals surface area contributed by atoms with E-state index in [0.29, 0.717) is 0 Å². The van der Waals surface area contributed by atoms with Crippen LogP contribution in [0.5, 0.6) is 0 Å². The average Bonchev–Trinajstić information content (AvgIpc) is 2.20. The summed E-state index contributed by atoms with van der Waals surface area (Å²) in [7, 11) is 0. The summed E-state index contributed by atoms with van der Waals surface area (Å²) in [5.41, 5.74) is 0.928. The highest BCUT2D eigenvalue weighted by atomic mass is 17.2. The summed E-state index contributed by atoms with van der Waals surface area (Å²) in [5, 5.41) is 0. The van der Waals surface area contributed by atoms with E-state index in [1.54, 1.807) is 6.92 Å². The molecular weight excluding hydrogens is 184 g/mol. The molecule has 4 nitrogen and oxygen atoms in total. The molecule has 0 amide bonds. The molecule has 0 aliphatic rings. The number of ether oxygens (including phenoxy) is 1. The van der Waals surface area contributed by atoms with E-state index in [2.05, 4.69) is 14.5 Å². The Morgan fingerprint density at radius 2 is 2.00 bits per heavy atom. The molecule has 1 aromatic rings. The van der Waals surface area contributed by atoms with Gasteiger partial charge in [0.05, 0.1) is 6.61 Å². The van der Waals surface area contributed by atoms with Gasteiger partial charge in [-0.3, -0.25) is 4.89 Å². The van der Waals surface area contributed by atoms with Crippen molar-refractivity contribution in [2.75, 3.05) is 6.61 Å². The Morgan fingerprint density at radius 3 is 2.64 bits per heavy atom. The first-order valence-corrected chi connectivity index (χ1v) is 4.33. The third-order valence-electron chi connectivity index (χ3n) is 1.46. The topological polar surface area (TPSA) is 44.8 Å². The first-order valence-electron chi connectivity index (χ1n) is 4.33. The second-order valence-corrected chi connectivity index (χ2v) is 2.51. The molecule has 0 aromatic heterocycles. The van der Waals surface area contributed by atoms with E-state index in [0.717, 1.165) is 5.56 Å². The predicted octanol–water partition coefficient (Wildman–Crippen LogP) is 2.29. The van der Waals surface area contributed by atoms with Gasteiger partial charge in [0.1, 0.15) is 6.61 Å². The van der Waals surface area contributed by atoms with Crippen molar-refractivity contribution in [1.29, 1.82) is 0 Å². The highest BCUT2D eigenvalue weighted by Crippen LogP contribution is 2.01. The fourth-order valence-corrected chi connectivity index (χ4v) is 0.862. The molecule has 0 N–H and O–H groups in total. The van der Waals surface area contributed by atoms with Crippen molar-refractivity contribution in [3.8, 4) is 0 Å². The smallest absolute Gasteiger partial charge is 0.433 e. The lowest BCUT2D eigenvalue weighted by Crippen LogP contribution is -2.07. The Kier molecular flexibility index (Phi) is 4.50. The number of carbonyl (C=O) groups is 1. The molecule has 0 unspecified atom stereocenters. The second-order valence-electron chi connectivity index (χ2n) is 2.51. The normalized spacial score (nSPS) is 9.50. The Hall–Kier alpha value is -1.55. The van der Waals surface area contributed by atoms with E-state index in [1.165, 1.54) is 0 Å². The molecule has 0 aliphatic heterocycles. The van der Waals surface area contributed by atoms with Crippen LogP contribution in [0.15, 0.2) is 30.3 Å². The molecule has 0 fully saturated rings. The summed E-state index contributed by atoms with van der Waals surface area (Å²) in [6, 6.07) is 9.39. The monoisotopic (exact) mass is 196 g/mol. The number of rotatable bonds is 4. The Morgan fingerprint density at radius 1 is 1.29 bits per heavy atom. The molecular formula is C10H12O4. The van der Waals surface area contributed by atoms with Crippen LogP contribution in [0.1, 0.15) is 12.5 Å². The van der Waals surface area contributed by atoms with Crippen molar-refractivity contribution < 1.29 is 19.3 Å². The van der Waals surface area contributed by atoms with Crippen molar-refractivity contribution in [1.82, 2.24) is 0 Å². The number of benzene rings is 1. The van der Waals surface area contributed by atoms with Gasteiger partial charge in [-0.25, -0.2) is 4.79 Å². The van der Waals surface area contributed by atoms with Crippen molar-refractivity contribution in [2.24, 2.45) is 0 Å². The van der Waals surface area contributed by atoms with Gasteiger partial charge >= 0.3 is 6.16 Å². The molecule has 0 radical (unpaired) electrons. The quantitative estimate of drug-likeness (QED) is 0.421. The molecule has 4 heteroatoms. The maximum absolute atomic E-state index is 10.7. The number of hydrogen-bond donors (Lipinski definition) is 0. The maximum atomic E-state index is 10.7. The van der Waals surface area contributed by atoms with E-state index in [1.807, 2.05) is 30.3 Å². The van der Waals surface area contributed by atoms with Crippen LogP contribution in [0.25, 0.3) is 0 Å². The van der Waals surface area contributed by atoms with Crippen LogP contribution in [-0.4, -0.2) is 12.8 Å². The molecule has 0 heterocycles. The van der Waals surface area contributed by atoms with Crippen LogP contribution in [0.2, 0.25) is 0 Å². The number of carbonyl (C=O) groups excluding carboxylic acids is 1. The lowest BCUT2D eigenvalue weighted by atomic mass is 10.2.